The zero-order valence-electron chi connectivity index (χ0n) is 13.2. The molecule has 21 heavy (non-hydrogen) atoms. The van der Waals surface area contributed by atoms with Crippen LogP contribution in [0.1, 0.15) is 39.7 Å². The molecule has 0 aliphatic heterocycles. The Kier molecular flexibility index (Phi) is 7.15. The summed E-state index contributed by atoms with van der Waals surface area (Å²) in [7, 11) is 0. The van der Waals surface area contributed by atoms with E-state index in [9.17, 15) is 9.18 Å². The predicted octanol–water partition coefficient (Wildman–Crippen LogP) is 2.62. The molecule has 1 atom stereocenters. The van der Waals surface area contributed by atoms with Crippen LogP contribution in [0.3, 0.4) is 0 Å². The fourth-order valence-electron chi connectivity index (χ4n) is 1.76. The molecule has 0 saturated carbocycles. The van der Waals surface area contributed by atoms with Crippen molar-refractivity contribution < 1.29 is 13.9 Å². The van der Waals surface area contributed by atoms with Gasteiger partial charge in [0.2, 0.25) is 0 Å². The van der Waals surface area contributed by atoms with E-state index >= 15 is 0 Å². The van der Waals surface area contributed by atoms with Gasteiger partial charge in [-0.25, -0.2) is 4.39 Å². The normalized spacial score (nSPS) is 12.3. The molecule has 0 heterocycles. The number of rotatable bonds is 8. The zero-order chi connectivity index (χ0) is 15.8. The highest BCUT2D eigenvalue weighted by Gasteiger charge is 2.14. The van der Waals surface area contributed by atoms with E-state index in [4.69, 9.17) is 4.74 Å². The van der Waals surface area contributed by atoms with Gasteiger partial charge in [-0.05, 0) is 31.0 Å². The first-order valence-corrected chi connectivity index (χ1v) is 7.39. The Labute approximate surface area is 126 Å². The van der Waals surface area contributed by atoms with Gasteiger partial charge in [0.05, 0.1) is 0 Å². The van der Waals surface area contributed by atoms with Gasteiger partial charge >= 0.3 is 0 Å². The number of amides is 1. The minimum Gasteiger partial charge on any atom is -0.481 e. The highest BCUT2D eigenvalue weighted by atomic mass is 19.1. The third-order valence-corrected chi connectivity index (χ3v) is 2.88. The monoisotopic (exact) mass is 296 g/mol. The quantitative estimate of drug-likeness (QED) is 0.775. The van der Waals surface area contributed by atoms with E-state index in [1.54, 1.807) is 13.0 Å². The zero-order valence-corrected chi connectivity index (χ0v) is 13.2. The molecule has 2 N–H and O–H groups in total. The van der Waals surface area contributed by atoms with Gasteiger partial charge in [0, 0.05) is 25.2 Å². The molecule has 0 aromatic heterocycles. The van der Waals surface area contributed by atoms with Crippen LogP contribution < -0.4 is 15.4 Å². The maximum atomic E-state index is 13.6. The number of hydrogen-bond acceptors (Lipinski definition) is 3. The molecule has 4 nitrogen and oxygen atoms in total. The molecule has 118 valence electrons. The highest BCUT2D eigenvalue weighted by Crippen LogP contribution is 2.18. The SMILES string of the molecule is CCCNC(=O)C(C)Oc1cc(F)cc(CNC(C)C)c1. The summed E-state index contributed by atoms with van der Waals surface area (Å²) in [6.45, 7) is 8.85. The highest BCUT2D eigenvalue weighted by molar-refractivity contribution is 5.80. The van der Waals surface area contributed by atoms with Crippen molar-refractivity contribution in [3.8, 4) is 5.75 Å². The first-order valence-electron chi connectivity index (χ1n) is 7.39. The smallest absolute Gasteiger partial charge is 0.260 e. The number of carbonyl (C=O) groups is 1. The lowest BCUT2D eigenvalue weighted by Gasteiger charge is -2.16. The fraction of sp³-hybridized carbons (Fsp3) is 0.562. The van der Waals surface area contributed by atoms with E-state index < -0.39 is 6.10 Å². The van der Waals surface area contributed by atoms with E-state index in [1.807, 2.05) is 20.8 Å². The minimum absolute atomic E-state index is 0.192. The van der Waals surface area contributed by atoms with Gasteiger partial charge in [0.25, 0.3) is 5.91 Å². The number of halogens is 1. The average molecular weight is 296 g/mol. The van der Waals surface area contributed by atoms with Crippen LogP contribution in [0.5, 0.6) is 5.75 Å². The van der Waals surface area contributed by atoms with Crippen LogP contribution >= 0.6 is 0 Å². The minimum atomic E-state index is -0.649. The fourth-order valence-corrected chi connectivity index (χ4v) is 1.76. The van der Waals surface area contributed by atoms with Gasteiger partial charge in [-0.15, -0.1) is 0 Å². The molecule has 1 aromatic carbocycles. The molecule has 0 spiro atoms. The largest absolute Gasteiger partial charge is 0.481 e. The molecular formula is C16H25FN2O2. The molecular weight excluding hydrogens is 271 g/mol. The summed E-state index contributed by atoms with van der Waals surface area (Å²) in [5.74, 6) is -0.188. The molecule has 1 aromatic rings. The standard InChI is InChI=1S/C16H25FN2O2/c1-5-6-18-16(20)12(4)21-15-8-13(7-14(17)9-15)10-19-11(2)3/h7-9,11-12,19H,5-6,10H2,1-4H3,(H,18,20). The van der Waals surface area contributed by atoms with Crippen molar-refractivity contribution in [3.05, 3.63) is 29.6 Å². The van der Waals surface area contributed by atoms with Crippen LogP contribution in [0.15, 0.2) is 18.2 Å². The van der Waals surface area contributed by atoms with Crippen molar-refractivity contribution >= 4 is 5.91 Å². The number of hydrogen-bond donors (Lipinski definition) is 2. The molecule has 1 rings (SSSR count). The lowest BCUT2D eigenvalue weighted by atomic mass is 10.2. The van der Waals surface area contributed by atoms with E-state index in [-0.39, 0.29) is 11.7 Å². The maximum absolute atomic E-state index is 13.6. The first-order chi connectivity index (χ1) is 9.92. The summed E-state index contributed by atoms with van der Waals surface area (Å²) in [5.41, 5.74) is 0.792. The third-order valence-electron chi connectivity index (χ3n) is 2.88. The first kappa shape index (κ1) is 17.4. The van der Waals surface area contributed by atoms with E-state index in [0.29, 0.717) is 24.9 Å². The van der Waals surface area contributed by atoms with Crippen molar-refractivity contribution in [2.75, 3.05) is 6.54 Å². The molecule has 0 aliphatic rings. The van der Waals surface area contributed by atoms with Crippen LogP contribution in [0.2, 0.25) is 0 Å². The lowest BCUT2D eigenvalue weighted by molar-refractivity contribution is -0.127. The summed E-state index contributed by atoms with van der Waals surface area (Å²) >= 11 is 0. The lowest BCUT2D eigenvalue weighted by Crippen LogP contribution is -2.36. The third kappa shape index (κ3) is 6.58. The summed E-state index contributed by atoms with van der Waals surface area (Å²) in [6.07, 6.45) is 0.216. The van der Waals surface area contributed by atoms with E-state index in [0.717, 1.165) is 12.0 Å². The molecule has 0 aliphatic carbocycles. The van der Waals surface area contributed by atoms with E-state index in [2.05, 4.69) is 10.6 Å². The van der Waals surface area contributed by atoms with Crippen molar-refractivity contribution in [2.45, 2.75) is 52.8 Å². The van der Waals surface area contributed by atoms with Gasteiger partial charge in [0.1, 0.15) is 11.6 Å². The maximum Gasteiger partial charge on any atom is 0.260 e. The molecule has 1 unspecified atom stereocenters. The number of benzene rings is 1. The van der Waals surface area contributed by atoms with Crippen LogP contribution in [0.4, 0.5) is 4.39 Å². The molecule has 0 saturated heterocycles. The summed E-state index contributed by atoms with van der Waals surface area (Å²) < 4.78 is 19.1. The summed E-state index contributed by atoms with van der Waals surface area (Å²) in [6, 6.07) is 4.82. The van der Waals surface area contributed by atoms with Crippen molar-refractivity contribution in [1.29, 1.82) is 0 Å². The second-order valence-electron chi connectivity index (χ2n) is 5.38. The molecule has 0 bridgehead atoms. The van der Waals surface area contributed by atoms with Crippen molar-refractivity contribution in [1.82, 2.24) is 10.6 Å². The van der Waals surface area contributed by atoms with Gasteiger partial charge in [-0.1, -0.05) is 20.8 Å². The second kappa shape index (κ2) is 8.62. The average Bonchev–Trinajstić information content (AvgIpc) is 2.41. The van der Waals surface area contributed by atoms with Gasteiger partial charge in [0.15, 0.2) is 6.10 Å². The summed E-state index contributed by atoms with van der Waals surface area (Å²) in [4.78, 5) is 11.7. The van der Waals surface area contributed by atoms with Gasteiger partial charge < -0.3 is 15.4 Å². The summed E-state index contributed by atoms with van der Waals surface area (Å²) in [5, 5.41) is 5.97. The van der Waals surface area contributed by atoms with Gasteiger partial charge in [-0.3, -0.25) is 4.79 Å². The Morgan fingerprint density at radius 1 is 1.29 bits per heavy atom. The van der Waals surface area contributed by atoms with Crippen LogP contribution in [0.25, 0.3) is 0 Å². The van der Waals surface area contributed by atoms with Crippen LogP contribution in [0, 0.1) is 5.82 Å². The molecule has 0 radical (unpaired) electrons. The Morgan fingerprint density at radius 3 is 2.62 bits per heavy atom. The number of nitrogens with one attached hydrogen (secondary N) is 2. The molecule has 5 heteroatoms. The number of carbonyl (C=O) groups excluding carboxylic acids is 1. The Balaban J connectivity index is 2.67. The van der Waals surface area contributed by atoms with Crippen molar-refractivity contribution in [2.24, 2.45) is 0 Å². The van der Waals surface area contributed by atoms with Gasteiger partial charge in [-0.2, -0.15) is 0 Å². The van der Waals surface area contributed by atoms with Crippen LogP contribution in [-0.2, 0) is 11.3 Å². The predicted molar refractivity (Wildman–Crippen MR) is 81.8 cm³/mol. The topological polar surface area (TPSA) is 50.4 Å². The van der Waals surface area contributed by atoms with Crippen LogP contribution in [-0.4, -0.2) is 24.6 Å². The second-order valence-corrected chi connectivity index (χ2v) is 5.38. The molecule has 1 amide bonds. The van der Waals surface area contributed by atoms with Crippen molar-refractivity contribution in [3.63, 3.8) is 0 Å². The molecule has 0 fully saturated rings. The van der Waals surface area contributed by atoms with E-state index in [1.165, 1.54) is 12.1 Å². The Morgan fingerprint density at radius 2 is 2.00 bits per heavy atom. The number of ether oxygens (including phenoxy) is 1. The Hall–Kier alpha value is -1.62. The Bertz CT molecular complexity index is 464.